The molecule has 1 heterocycles. The highest BCUT2D eigenvalue weighted by atomic mass is 79.9. The molecular weight excluding hydrogens is 278 g/mol. The lowest BCUT2D eigenvalue weighted by Crippen LogP contribution is -2.24. The van der Waals surface area contributed by atoms with Crippen LogP contribution < -0.4 is 5.32 Å². The molecule has 1 atom stereocenters. The molecule has 0 aromatic carbocycles. The third kappa shape index (κ3) is 4.43. The van der Waals surface area contributed by atoms with Gasteiger partial charge in [0.05, 0.1) is 16.4 Å². The van der Waals surface area contributed by atoms with Crippen LogP contribution in [0.1, 0.15) is 45.9 Å². The van der Waals surface area contributed by atoms with Crippen LogP contribution in [0.3, 0.4) is 0 Å². The zero-order valence-corrected chi connectivity index (χ0v) is 12.9. The summed E-state index contributed by atoms with van der Waals surface area (Å²) in [4.78, 5) is 0. The van der Waals surface area contributed by atoms with Gasteiger partial charge in [-0.25, -0.2) is 0 Å². The van der Waals surface area contributed by atoms with E-state index in [1.807, 2.05) is 6.20 Å². The van der Waals surface area contributed by atoms with Crippen LogP contribution in [-0.4, -0.2) is 22.9 Å². The molecule has 0 aliphatic rings. The lowest BCUT2D eigenvalue weighted by Gasteiger charge is -2.16. The summed E-state index contributed by atoms with van der Waals surface area (Å²) in [5.74, 6) is 0.632. The van der Waals surface area contributed by atoms with Crippen molar-refractivity contribution in [2.45, 2.75) is 46.6 Å². The Morgan fingerprint density at radius 1 is 1.41 bits per heavy atom. The van der Waals surface area contributed by atoms with Crippen molar-refractivity contribution in [2.24, 2.45) is 5.92 Å². The van der Waals surface area contributed by atoms with Gasteiger partial charge in [0.2, 0.25) is 0 Å². The summed E-state index contributed by atoms with van der Waals surface area (Å²) in [7, 11) is 0. The first-order valence-electron chi connectivity index (χ1n) is 6.48. The van der Waals surface area contributed by atoms with Crippen molar-refractivity contribution in [3.8, 4) is 0 Å². The van der Waals surface area contributed by atoms with Gasteiger partial charge in [0, 0.05) is 6.04 Å². The molecule has 0 amide bonds. The van der Waals surface area contributed by atoms with Crippen LogP contribution >= 0.6 is 15.9 Å². The molecule has 3 nitrogen and oxygen atoms in total. The fourth-order valence-electron chi connectivity index (χ4n) is 1.93. The molecule has 1 rings (SSSR count). The Hall–Kier alpha value is -0.350. The molecule has 1 aromatic heterocycles. The number of nitrogens with zero attached hydrogens (tertiary/aromatic N) is 2. The first-order valence-corrected chi connectivity index (χ1v) is 7.28. The monoisotopic (exact) mass is 301 g/mol. The molecule has 0 saturated carbocycles. The van der Waals surface area contributed by atoms with Crippen molar-refractivity contribution in [2.75, 3.05) is 13.1 Å². The van der Waals surface area contributed by atoms with Gasteiger partial charge < -0.3 is 5.32 Å². The van der Waals surface area contributed by atoms with Gasteiger partial charge in [-0.05, 0) is 61.6 Å². The molecule has 0 spiro atoms. The Morgan fingerprint density at radius 3 is 2.71 bits per heavy atom. The normalized spacial score (nSPS) is 13.3. The summed E-state index contributed by atoms with van der Waals surface area (Å²) >= 11 is 3.59. The van der Waals surface area contributed by atoms with Gasteiger partial charge in [-0.3, -0.25) is 4.68 Å². The summed E-state index contributed by atoms with van der Waals surface area (Å²) in [5.41, 5.74) is 1.31. The Kier molecular flexibility index (Phi) is 6.20. The molecule has 0 radical (unpaired) electrons. The second-order valence-electron chi connectivity index (χ2n) is 4.99. The van der Waals surface area contributed by atoms with Crippen molar-refractivity contribution in [3.63, 3.8) is 0 Å². The predicted molar refractivity (Wildman–Crippen MR) is 76.3 cm³/mol. The highest BCUT2D eigenvalue weighted by molar-refractivity contribution is 9.10. The van der Waals surface area contributed by atoms with Crippen LogP contribution in [0, 0.1) is 5.92 Å². The molecule has 1 N–H and O–H groups in total. The smallest absolute Gasteiger partial charge is 0.0635 e. The average Bonchev–Trinajstić information content (AvgIpc) is 2.61. The molecule has 0 fully saturated rings. The van der Waals surface area contributed by atoms with E-state index in [0.29, 0.717) is 12.0 Å². The van der Waals surface area contributed by atoms with Crippen LogP contribution in [0.15, 0.2) is 10.7 Å². The number of aromatic nitrogens is 2. The average molecular weight is 302 g/mol. The molecule has 4 heteroatoms. The van der Waals surface area contributed by atoms with Crippen LogP contribution in [0.4, 0.5) is 0 Å². The molecule has 0 aliphatic heterocycles. The zero-order chi connectivity index (χ0) is 12.8. The lowest BCUT2D eigenvalue weighted by atomic mass is 10.1. The molecule has 0 bridgehead atoms. The molecule has 17 heavy (non-hydrogen) atoms. The van der Waals surface area contributed by atoms with E-state index in [1.54, 1.807) is 0 Å². The van der Waals surface area contributed by atoms with E-state index in [0.717, 1.165) is 24.0 Å². The van der Waals surface area contributed by atoms with E-state index in [-0.39, 0.29) is 0 Å². The highest BCUT2D eigenvalue weighted by Crippen LogP contribution is 2.22. The van der Waals surface area contributed by atoms with Crippen molar-refractivity contribution in [1.82, 2.24) is 15.1 Å². The van der Waals surface area contributed by atoms with E-state index in [4.69, 9.17) is 0 Å². The molecule has 98 valence electrons. The number of hydrogen-bond acceptors (Lipinski definition) is 2. The topological polar surface area (TPSA) is 29.9 Å². The molecule has 1 unspecified atom stereocenters. The molecule has 1 aromatic rings. The minimum absolute atomic E-state index is 0.423. The largest absolute Gasteiger partial charge is 0.316 e. The number of rotatable bonds is 7. The van der Waals surface area contributed by atoms with Gasteiger partial charge in [0.15, 0.2) is 0 Å². The Balaban J connectivity index is 2.57. The number of hydrogen-bond donors (Lipinski definition) is 1. The summed E-state index contributed by atoms with van der Waals surface area (Å²) in [5, 5.41) is 7.88. The summed E-state index contributed by atoms with van der Waals surface area (Å²) in [6.07, 6.45) is 4.16. The Bertz CT molecular complexity index is 333. The van der Waals surface area contributed by atoms with Gasteiger partial charge in [-0.1, -0.05) is 13.8 Å². The van der Waals surface area contributed by atoms with E-state index in [2.05, 4.69) is 58.7 Å². The number of nitrogens with one attached hydrogen (secondary N) is 1. The van der Waals surface area contributed by atoms with E-state index in [9.17, 15) is 0 Å². The van der Waals surface area contributed by atoms with Crippen molar-refractivity contribution in [3.05, 3.63) is 16.4 Å². The standard InChI is InChI=1S/C13H24BrN3/c1-5-6-15-8-11(4)7-13-12(14)9-16-17(13)10(2)3/h9-11,15H,5-8H2,1-4H3. The van der Waals surface area contributed by atoms with Gasteiger partial charge in [-0.2, -0.15) is 5.10 Å². The second kappa shape index (κ2) is 7.17. The maximum absolute atomic E-state index is 4.41. The second-order valence-corrected chi connectivity index (χ2v) is 5.85. The van der Waals surface area contributed by atoms with Crippen LogP contribution in [0.25, 0.3) is 0 Å². The first-order chi connectivity index (χ1) is 8.06. The maximum Gasteiger partial charge on any atom is 0.0635 e. The van der Waals surface area contributed by atoms with Gasteiger partial charge in [-0.15, -0.1) is 0 Å². The fraction of sp³-hybridized carbons (Fsp3) is 0.769. The molecular formula is C13H24BrN3. The number of halogens is 1. The highest BCUT2D eigenvalue weighted by Gasteiger charge is 2.14. The lowest BCUT2D eigenvalue weighted by molar-refractivity contribution is 0.458. The molecule has 0 aliphatic carbocycles. The van der Waals surface area contributed by atoms with E-state index >= 15 is 0 Å². The molecule has 0 saturated heterocycles. The minimum atomic E-state index is 0.423. The summed E-state index contributed by atoms with van der Waals surface area (Å²) in [6, 6.07) is 0.423. The third-order valence-corrected chi connectivity index (χ3v) is 3.46. The Morgan fingerprint density at radius 2 is 2.12 bits per heavy atom. The summed E-state index contributed by atoms with van der Waals surface area (Å²) in [6.45, 7) is 11.0. The zero-order valence-electron chi connectivity index (χ0n) is 11.3. The van der Waals surface area contributed by atoms with Gasteiger partial charge in [0.1, 0.15) is 0 Å². The van der Waals surface area contributed by atoms with Crippen molar-refractivity contribution < 1.29 is 0 Å². The first kappa shape index (κ1) is 14.7. The van der Waals surface area contributed by atoms with Crippen molar-refractivity contribution >= 4 is 15.9 Å². The SMILES string of the molecule is CCCNCC(C)Cc1c(Br)cnn1C(C)C. The summed E-state index contributed by atoms with van der Waals surface area (Å²) < 4.78 is 3.24. The van der Waals surface area contributed by atoms with Crippen LogP contribution in [0.5, 0.6) is 0 Å². The van der Waals surface area contributed by atoms with Gasteiger partial charge >= 0.3 is 0 Å². The predicted octanol–water partition coefficient (Wildman–Crippen LogP) is 3.40. The van der Waals surface area contributed by atoms with E-state index in [1.165, 1.54) is 12.1 Å². The van der Waals surface area contributed by atoms with Crippen LogP contribution in [0.2, 0.25) is 0 Å². The van der Waals surface area contributed by atoms with Crippen LogP contribution in [-0.2, 0) is 6.42 Å². The van der Waals surface area contributed by atoms with Gasteiger partial charge in [0.25, 0.3) is 0 Å². The maximum atomic E-state index is 4.41. The van der Waals surface area contributed by atoms with E-state index < -0.39 is 0 Å². The van der Waals surface area contributed by atoms with Crippen molar-refractivity contribution in [1.29, 1.82) is 0 Å². The quantitative estimate of drug-likeness (QED) is 0.782. The fourth-order valence-corrected chi connectivity index (χ4v) is 2.37. The minimum Gasteiger partial charge on any atom is -0.316 e. The third-order valence-electron chi connectivity index (χ3n) is 2.80. The Labute approximate surface area is 113 Å².